The summed E-state index contributed by atoms with van der Waals surface area (Å²) in [7, 11) is 2.17. The number of nitrogens with zero attached hydrogens (tertiary/aromatic N) is 3. The maximum Gasteiger partial charge on any atom is 0.223 e. The van der Waals surface area contributed by atoms with E-state index in [9.17, 15) is 4.79 Å². The quantitative estimate of drug-likeness (QED) is 0.764. The average Bonchev–Trinajstić information content (AvgIpc) is 3.09. The van der Waals surface area contributed by atoms with Crippen molar-refractivity contribution in [2.75, 3.05) is 32.9 Å². The number of likely N-dealkylation sites (tertiary alicyclic amines) is 1. The van der Waals surface area contributed by atoms with Crippen LogP contribution in [0.1, 0.15) is 30.3 Å². The van der Waals surface area contributed by atoms with E-state index in [-0.39, 0.29) is 0 Å². The lowest BCUT2D eigenvalue weighted by molar-refractivity contribution is -0.130. The SMILES string of the molecule is CS[C@@H](C)CC(=O)N1CC[C@@H](CN(C)Cc2scnc2C)C1. The van der Waals surface area contributed by atoms with Gasteiger partial charge in [0.2, 0.25) is 5.91 Å². The second-order valence-electron chi connectivity index (χ2n) is 6.30. The lowest BCUT2D eigenvalue weighted by atomic mass is 10.1. The summed E-state index contributed by atoms with van der Waals surface area (Å²) < 4.78 is 0. The van der Waals surface area contributed by atoms with Crippen LogP contribution in [0.3, 0.4) is 0 Å². The predicted octanol–water partition coefficient (Wildman–Crippen LogP) is 2.87. The summed E-state index contributed by atoms with van der Waals surface area (Å²) in [5, 5.41) is 0.420. The molecular weight excluding hydrogens is 314 g/mol. The zero-order valence-corrected chi connectivity index (χ0v) is 15.7. The summed E-state index contributed by atoms with van der Waals surface area (Å²) >= 11 is 3.50. The third kappa shape index (κ3) is 4.96. The third-order valence-corrected chi connectivity index (χ3v) is 6.22. The Morgan fingerprint density at radius 2 is 2.41 bits per heavy atom. The van der Waals surface area contributed by atoms with Crippen LogP contribution in [0, 0.1) is 12.8 Å². The molecule has 0 aliphatic carbocycles. The molecule has 1 aliphatic heterocycles. The molecule has 0 bridgehead atoms. The third-order valence-electron chi connectivity index (χ3n) is 4.33. The lowest BCUT2D eigenvalue weighted by Crippen LogP contribution is -2.32. The van der Waals surface area contributed by atoms with E-state index in [0.29, 0.717) is 23.5 Å². The van der Waals surface area contributed by atoms with E-state index in [4.69, 9.17) is 0 Å². The summed E-state index contributed by atoms with van der Waals surface area (Å²) in [4.78, 5) is 22.3. The molecule has 1 saturated heterocycles. The highest BCUT2D eigenvalue weighted by atomic mass is 32.2. The minimum Gasteiger partial charge on any atom is -0.342 e. The number of thiazole rings is 1. The Labute approximate surface area is 142 Å². The molecule has 0 saturated carbocycles. The number of thioether (sulfide) groups is 1. The van der Waals surface area contributed by atoms with E-state index >= 15 is 0 Å². The molecule has 2 heterocycles. The van der Waals surface area contributed by atoms with E-state index < -0.39 is 0 Å². The van der Waals surface area contributed by atoms with Crippen molar-refractivity contribution in [3.8, 4) is 0 Å². The summed E-state index contributed by atoms with van der Waals surface area (Å²) in [6, 6.07) is 0. The van der Waals surface area contributed by atoms with Crippen LogP contribution in [0.5, 0.6) is 0 Å². The molecule has 0 radical (unpaired) electrons. The fraction of sp³-hybridized carbons (Fsp3) is 0.750. The van der Waals surface area contributed by atoms with E-state index in [2.05, 4.69) is 41.9 Å². The van der Waals surface area contributed by atoms with Gasteiger partial charge in [-0.1, -0.05) is 6.92 Å². The van der Waals surface area contributed by atoms with Gasteiger partial charge in [-0.05, 0) is 32.6 Å². The highest BCUT2D eigenvalue weighted by Gasteiger charge is 2.27. The van der Waals surface area contributed by atoms with Gasteiger partial charge in [0.1, 0.15) is 0 Å². The molecule has 1 fully saturated rings. The van der Waals surface area contributed by atoms with Crippen molar-refractivity contribution >= 4 is 29.0 Å². The molecule has 22 heavy (non-hydrogen) atoms. The van der Waals surface area contributed by atoms with Crippen LogP contribution in [0.2, 0.25) is 0 Å². The fourth-order valence-electron chi connectivity index (χ4n) is 2.89. The second-order valence-corrected chi connectivity index (χ2v) is 8.52. The van der Waals surface area contributed by atoms with Gasteiger partial charge >= 0.3 is 0 Å². The first-order valence-electron chi connectivity index (χ1n) is 7.87. The number of carbonyl (C=O) groups is 1. The molecule has 2 rings (SSSR count). The zero-order chi connectivity index (χ0) is 16.1. The number of aryl methyl sites for hydroxylation is 1. The van der Waals surface area contributed by atoms with Crippen LogP contribution < -0.4 is 0 Å². The van der Waals surface area contributed by atoms with Crippen LogP contribution in [0.4, 0.5) is 0 Å². The van der Waals surface area contributed by atoms with E-state index in [1.165, 1.54) is 4.88 Å². The predicted molar refractivity (Wildman–Crippen MR) is 95.5 cm³/mol. The van der Waals surface area contributed by atoms with Gasteiger partial charge in [-0.15, -0.1) is 11.3 Å². The van der Waals surface area contributed by atoms with Gasteiger partial charge in [0.15, 0.2) is 0 Å². The topological polar surface area (TPSA) is 36.4 Å². The number of carbonyl (C=O) groups excluding carboxylic acids is 1. The fourth-order valence-corrected chi connectivity index (χ4v) is 4.06. The van der Waals surface area contributed by atoms with Crippen molar-refractivity contribution in [1.82, 2.24) is 14.8 Å². The Morgan fingerprint density at radius 3 is 3.05 bits per heavy atom. The van der Waals surface area contributed by atoms with E-state index in [1.807, 2.05) is 5.51 Å². The smallest absolute Gasteiger partial charge is 0.223 e. The van der Waals surface area contributed by atoms with Crippen LogP contribution in [0.25, 0.3) is 0 Å². The number of aromatic nitrogens is 1. The molecular formula is C16H27N3OS2. The molecule has 0 spiro atoms. The Hall–Kier alpha value is -0.590. The number of amides is 1. The Balaban J connectivity index is 1.76. The minimum absolute atomic E-state index is 0.324. The van der Waals surface area contributed by atoms with Crippen molar-refractivity contribution in [1.29, 1.82) is 0 Å². The summed E-state index contributed by atoms with van der Waals surface area (Å²) in [5.41, 5.74) is 3.06. The monoisotopic (exact) mass is 341 g/mol. The van der Waals surface area contributed by atoms with Gasteiger partial charge < -0.3 is 9.80 Å². The van der Waals surface area contributed by atoms with Crippen LogP contribution in [0.15, 0.2) is 5.51 Å². The van der Waals surface area contributed by atoms with Crippen molar-refractivity contribution in [3.63, 3.8) is 0 Å². The van der Waals surface area contributed by atoms with Gasteiger partial charge in [-0.3, -0.25) is 4.79 Å². The molecule has 124 valence electrons. The molecule has 1 aromatic heterocycles. The Morgan fingerprint density at radius 1 is 1.64 bits per heavy atom. The number of rotatable bonds is 7. The minimum atomic E-state index is 0.324. The van der Waals surface area contributed by atoms with Gasteiger partial charge in [0, 0.05) is 42.7 Å². The highest BCUT2D eigenvalue weighted by Crippen LogP contribution is 2.21. The first kappa shape index (κ1) is 17.8. The molecule has 2 atom stereocenters. The summed E-state index contributed by atoms with van der Waals surface area (Å²) in [5.74, 6) is 0.928. The number of hydrogen-bond acceptors (Lipinski definition) is 5. The lowest BCUT2D eigenvalue weighted by Gasteiger charge is -2.22. The highest BCUT2D eigenvalue weighted by molar-refractivity contribution is 7.99. The molecule has 6 heteroatoms. The van der Waals surface area contributed by atoms with Crippen LogP contribution in [-0.4, -0.2) is 58.9 Å². The van der Waals surface area contributed by atoms with Gasteiger partial charge in [-0.2, -0.15) is 11.8 Å². The van der Waals surface area contributed by atoms with Crippen molar-refractivity contribution in [2.24, 2.45) is 5.92 Å². The zero-order valence-electron chi connectivity index (χ0n) is 14.0. The molecule has 1 aromatic rings. The van der Waals surface area contributed by atoms with E-state index in [1.54, 1.807) is 23.1 Å². The molecule has 0 aromatic carbocycles. The molecule has 1 aliphatic rings. The molecule has 0 unspecified atom stereocenters. The normalized spacial score (nSPS) is 19.9. The van der Waals surface area contributed by atoms with Crippen LogP contribution >= 0.6 is 23.1 Å². The van der Waals surface area contributed by atoms with Crippen LogP contribution in [-0.2, 0) is 11.3 Å². The summed E-state index contributed by atoms with van der Waals surface area (Å²) in [6.07, 6.45) is 3.87. The van der Waals surface area contributed by atoms with Gasteiger partial charge in [-0.25, -0.2) is 4.98 Å². The van der Waals surface area contributed by atoms with E-state index in [0.717, 1.165) is 38.3 Å². The standard InChI is InChI=1S/C16H27N3OS2/c1-12(21-4)7-16(20)19-6-5-14(9-19)8-18(3)10-15-13(2)17-11-22-15/h11-12,14H,5-10H2,1-4H3/t12-,14-/m0/s1. The first-order valence-corrected chi connectivity index (χ1v) is 10.0. The maximum atomic E-state index is 12.2. The molecule has 1 amide bonds. The largest absolute Gasteiger partial charge is 0.342 e. The molecule has 0 N–H and O–H groups in total. The second kappa shape index (κ2) is 8.31. The van der Waals surface area contributed by atoms with Gasteiger partial charge in [0.25, 0.3) is 0 Å². The van der Waals surface area contributed by atoms with Crippen molar-refractivity contribution in [2.45, 2.75) is 38.5 Å². The Kier molecular flexibility index (Phi) is 6.71. The van der Waals surface area contributed by atoms with Crippen molar-refractivity contribution in [3.05, 3.63) is 16.1 Å². The van der Waals surface area contributed by atoms with Gasteiger partial charge in [0.05, 0.1) is 11.2 Å². The molecule has 4 nitrogen and oxygen atoms in total. The van der Waals surface area contributed by atoms with Crippen molar-refractivity contribution < 1.29 is 4.79 Å². The Bertz CT molecular complexity index is 491. The maximum absolute atomic E-state index is 12.2. The average molecular weight is 342 g/mol. The number of hydrogen-bond donors (Lipinski definition) is 0. The first-order chi connectivity index (χ1) is 10.5. The summed E-state index contributed by atoms with van der Waals surface area (Å²) in [6.45, 7) is 8.07.